The quantitative estimate of drug-likeness (QED) is 0.360. The van der Waals surface area contributed by atoms with E-state index in [-0.39, 0.29) is 17.6 Å². The van der Waals surface area contributed by atoms with Crippen molar-refractivity contribution >= 4 is 10.9 Å². The van der Waals surface area contributed by atoms with Crippen LogP contribution in [0.1, 0.15) is 53.1 Å². The summed E-state index contributed by atoms with van der Waals surface area (Å²) in [5.41, 5.74) is 6.37. The monoisotopic (exact) mass is 445 g/mol. The number of ether oxygens (including phenoxy) is 1. The van der Waals surface area contributed by atoms with Crippen molar-refractivity contribution in [3.05, 3.63) is 88.5 Å². The lowest BCUT2D eigenvalue weighted by Crippen LogP contribution is -2.20. The molecule has 4 nitrogen and oxygen atoms in total. The second kappa shape index (κ2) is 8.60. The fourth-order valence-corrected chi connectivity index (χ4v) is 4.55. The smallest absolute Gasteiger partial charge is 0.135 e. The van der Waals surface area contributed by atoms with Gasteiger partial charge in [0.2, 0.25) is 0 Å². The number of fused-ring (bicyclic) bond motifs is 1. The highest BCUT2D eigenvalue weighted by Gasteiger charge is 2.27. The van der Waals surface area contributed by atoms with Gasteiger partial charge in [-0.15, -0.1) is 0 Å². The molecule has 0 radical (unpaired) electrons. The fourth-order valence-electron chi connectivity index (χ4n) is 4.55. The first-order valence-corrected chi connectivity index (χ1v) is 11.2. The van der Waals surface area contributed by atoms with Crippen LogP contribution in [0.15, 0.2) is 48.7 Å². The van der Waals surface area contributed by atoms with Crippen LogP contribution in [-0.4, -0.2) is 21.6 Å². The van der Waals surface area contributed by atoms with Gasteiger partial charge in [-0.3, -0.25) is 15.0 Å². The van der Waals surface area contributed by atoms with E-state index in [9.17, 15) is 8.78 Å². The molecule has 5 rings (SSSR count). The summed E-state index contributed by atoms with van der Waals surface area (Å²) in [6, 6.07) is 11.7. The Morgan fingerprint density at radius 3 is 2.61 bits per heavy atom. The molecule has 0 aliphatic carbocycles. The second-order valence-electron chi connectivity index (χ2n) is 8.79. The molecule has 0 amide bonds. The average Bonchev–Trinajstić information content (AvgIpc) is 2.80. The summed E-state index contributed by atoms with van der Waals surface area (Å²) in [6.45, 7) is 6.51. The molecule has 0 N–H and O–H groups in total. The van der Waals surface area contributed by atoms with Crippen molar-refractivity contribution in [3.63, 3.8) is 0 Å². The van der Waals surface area contributed by atoms with Crippen LogP contribution >= 0.6 is 0 Å². The molecule has 1 aromatic carbocycles. The van der Waals surface area contributed by atoms with Crippen LogP contribution in [0.25, 0.3) is 22.2 Å². The van der Waals surface area contributed by atoms with Crippen LogP contribution in [0.3, 0.4) is 0 Å². The molecular weight excluding hydrogens is 420 g/mol. The van der Waals surface area contributed by atoms with Gasteiger partial charge in [0.1, 0.15) is 11.6 Å². The van der Waals surface area contributed by atoms with Gasteiger partial charge >= 0.3 is 0 Å². The Balaban J connectivity index is 1.62. The van der Waals surface area contributed by atoms with Gasteiger partial charge in [0.25, 0.3) is 0 Å². The first-order valence-electron chi connectivity index (χ1n) is 11.2. The molecule has 1 saturated heterocycles. The molecule has 4 heterocycles. The third kappa shape index (κ3) is 4.23. The SMILES string of the molecule is Cc1cc([C@@H]2C[C@H](c3cc4nc(C)c(C)cc4c(-c4ccc(F)cc4F)n3)CCO2)ccn1. The van der Waals surface area contributed by atoms with E-state index in [0.29, 0.717) is 12.3 Å². The summed E-state index contributed by atoms with van der Waals surface area (Å²) >= 11 is 0. The predicted molar refractivity (Wildman–Crippen MR) is 124 cm³/mol. The maximum atomic E-state index is 14.8. The number of benzene rings is 1. The van der Waals surface area contributed by atoms with E-state index in [1.807, 2.05) is 45.0 Å². The molecule has 4 aromatic rings. The van der Waals surface area contributed by atoms with Gasteiger partial charge in [0.15, 0.2) is 0 Å². The topological polar surface area (TPSA) is 47.9 Å². The average molecular weight is 446 g/mol. The van der Waals surface area contributed by atoms with Crippen molar-refractivity contribution in [1.29, 1.82) is 0 Å². The Bertz CT molecular complexity index is 1360. The fraction of sp³-hybridized carbons (Fsp3) is 0.296. The number of rotatable bonds is 3. The molecule has 0 bridgehead atoms. The van der Waals surface area contributed by atoms with Crippen LogP contribution in [-0.2, 0) is 4.74 Å². The maximum Gasteiger partial charge on any atom is 0.135 e. The Morgan fingerprint density at radius 1 is 0.970 bits per heavy atom. The van der Waals surface area contributed by atoms with Crippen molar-refractivity contribution in [1.82, 2.24) is 15.0 Å². The lowest BCUT2D eigenvalue weighted by molar-refractivity contribution is 0.00460. The summed E-state index contributed by atoms with van der Waals surface area (Å²) in [7, 11) is 0. The van der Waals surface area contributed by atoms with E-state index in [0.717, 1.165) is 58.0 Å². The second-order valence-corrected chi connectivity index (χ2v) is 8.79. The number of pyridine rings is 3. The number of hydrogen-bond acceptors (Lipinski definition) is 4. The van der Waals surface area contributed by atoms with E-state index in [1.165, 1.54) is 12.1 Å². The normalized spacial score (nSPS) is 18.6. The molecule has 0 spiro atoms. The molecule has 0 unspecified atom stereocenters. The van der Waals surface area contributed by atoms with Crippen molar-refractivity contribution < 1.29 is 13.5 Å². The zero-order chi connectivity index (χ0) is 23.1. The molecular formula is C27H25F2N3O. The molecule has 0 saturated carbocycles. The maximum absolute atomic E-state index is 14.8. The van der Waals surface area contributed by atoms with Crippen LogP contribution < -0.4 is 0 Å². The molecule has 2 atom stereocenters. The largest absolute Gasteiger partial charge is 0.373 e. The van der Waals surface area contributed by atoms with Gasteiger partial charge in [-0.2, -0.15) is 0 Å². The first-order chi connectivity index (χ1) is 15.9. The van der Waals surface area contributed by atoms with E-state index in [4.69, 9.17) is 14.7 Å². The van der Waals surface area contributed by atoms with Gasteiger partial charge in [0, 0.05) is 52.8 Å². The zero-order valence-corrected chi connectivity index (χ0v) is 18.9. The molecule has 1 aliphatic heterocycles. The van der Waals surface area contributed by atoms with Gasteiger partial charge in [-0.25, -0.2) is 8.78 Å². The first kappa shape index (κ1) is 21.6. The molecule has 1 fully saturated rings. The Kier molecular flexibility index (Phi) is 5.62. The molecule has 3 aromatic heterocycles. The third-order valence-electron chi connectivity index (χ3n) is 6.46. The van der Waals surface area contributed by atoms with E-state index >= 15 is 0 Å². The lowest BCUT2D eigenvalue weighted by atomic mass is 9.88. The minimum atomic E-state index is -0.628. The van der Waals surface area contributed by atoms with Crippen LogP contribution in [0.5, 0.6) is 0 Å². The van der Waals surface area contributed by atoms with Crippen LogP contribution in [0, 0.1) is 32.4 Å². The highest BCUT2D eigenvalue weighted by atomic mass is 19.1. The zero-order valence-electron chi connectivity index (χ0n) is 18.9. The third-order valence-corrected chi connectivity index (χ3v) is 6.46. The summed E-state index contributed by atoms with van der Waals surface area (Å²) in [6.07, 6.45) is 3.32. The molecule has 1 aliphatic rings. The van der Waals surface area contributed by atoms with Gasteiger partial charge in [-0.05, 0) is 81.1 Å². The minimum absolute atomic E-state index is 0.0540. The Morgan fingerprint density at radius 2 is 1.82 bits per heavy atom. The van der Waals surface area contributed by atoms with Crippen molar-refractivity contribution in [2.45, 2.75) is 45.6 Å². The lowest BCUT2D eigenvalue weighted by Gasteiger charge is -2.30. The summed E-state index contributed by atoms with van der Waals surface area (Å²) < 4.78 is 34.5. The van der Waals surface area contributed by atoms with E-state index in [2.05, 4.69) is 4.98 Å². The molecule has 6 heteroatoms. The predicted octanol–water partition coefficient (Wildman–Crippen LogP) is 6.53. The minimum Gasteiger partial charge on any atom is -0.373 e. The summed E-state index contributed by atoms with van der Waals surface area (Å²) in [5.74, 6) is -1.11. The number of aromatic nitrogens is 3. The van der Waals surface area contributed by atoms with Crippen molar-refractivity contribution in [2.75, 3.05) is 6.61 Å². The number of halogens is 2. The van der Waals surface area contributed by atoms with Crippen molar-refractivity contribution in [3.8, 4) is 11.3 Å². The number of nitrogens with zero attached hydrogens (tertiary/aromatic N) is 3. The van der Waals surface area contributed by atoms with E-state index in [1.54, 1.807) is 6.20 Å². The van der Waals surface area contributed by atoms with Gasteiger partial charge in [-0.1, -0.05) is 0 Å². The number of aryl methyl sites for hydroxylation is 3. The number of hydrogen-bond donors (Lipinski definition) is 0. The highest BCUT2D eigenvalue weighted by Crippen LogP contribution is 2.39. The van der Waals surface area contributed by atoms with Crippen LogP contribution in [0.4, 0.5) is 8.78 Å². The molecule has 33 heavy (non-hydrogen) atoms. The summed E-state index contributed by atoms with van der Waals surface area (Å²) in [4.78, 5) is 14.0. The van der Waals surface area contributed by atoms with Crippen LogP contribution in [0.2, 0.25) is 0 Å². The molecule has 168 valence electrons. The van der Waals surface area contributed by atoms with E-state index < -0.39 is 11.6 Å². The Hall–Kier alpha value is -3.25. The van der Waals surface area contributed by atoms with Gasteiger partial charge in [0.05, 0.1) is 17.3 Å². The Labute approximate surface area is 191 Å². The van der Waals surface area contributed by atoms with Crippen molar-refractivity contribution in [2.24, 2.45) is 0 Å². The standard InChI is InChI=1S/C27H25F2N3O/c1-15-10-22-25(31-17(15)3)14-24(32-27(22)21-5-4-20(28)13-23(21)29)18-7-9-33-26(12-18)19-6-8-30-16(2)11-19/h4-6,8,10-11,13-14,18,26H,7,9,12H2,1-3H3/t18-,26+/m1/s1. The highest BCUT2D eigenvalue weighted by molar-refractivity contribution is 5.93. The summed E-state index contributed by atoms with van der Waals surface area (Å²) in [5, 5.41) is 0.765. The van der Waals surface area contributed by atoms with Gasteiger partial charge < -0.3 is 4.74 Å².